The largest absolute Gasteiger partial charge is 0.465 e. The summed E-state index contributed by atoms with van der Waals surface area (Å²) in [6, 6.07) is 11.3. The highest BCUT2D eigenvalue weighted by Crippen LogP contribution is 2.44. The molecule has 0 radical (unpaired) electrons. The number of ether oxygens (including phenoxy) is 1. The lowest BCUT2D eigenvalue weighted by molar-refractivity contribution is -0.149. The van der Waals surface area contributed by atoms with Crippen molar-refractivity contribution in [3.8, 4) is 0 Å². The summed E-state index contributed by atoms with van der Waals surface area (Å²) in [4.78, 5) is 14.9. The summed E-state index contributed by atoms with van der Waals surface area (Å²) in [7, 11) is 0. The number of likely N-dealkylation sites (tertiary alicyclic amines) is 1. The quantitative estimate of drug-likeness (QED) is 0.576. The van der Waals surface area contributed by atoms with Gasteiger partial charge < -0.3 is 4.74 Å². The van der Waals surface area contributed by atoms with Crippen molar-refractivity contribution in [1.29, 1.82) is 0 Å². The number of nitrogens with zero attached hydrogens (tertiary/aromatic N) is 1. The molecular formula is C20H30ClNO2. The van der Waals surface area contributed by atoms with Gasteiger partial charge in [-0.15, -0.1) is 11.6 Å². The summed E-state index contributed by atoms with van der Waals surface area (Å²) in [5.41, 5.74) is 1.29. The SMILES string of the molecule is CCOC(=O)[C@@H]1C[C@H]2CCCC[C@@H]2N1[C@@H](C)c1ccccc1.CCl. The first kappa shape index (κ1) is 19.3. The van der Waals surface area contributed by atoms with Gasteiger partial charge in [-0.25, -0.2) is 0 Å². The fraction of sp³-hybridized carbons (Fsp3) is 0.650. The third-order valence-corrected chi connectivity index (χ3v) is 5.43. The highest BCUT2D eigenvalue weighted by atomic mass is 35.5. The van der Waals surface area contributed by atoms with Crippen molar-refractivity contribution in [2.24, 2.45) is 5.92 Å². The zero-order valence-corrected chi connectivity index (χ0v) is 15.8. The molecule has 1 heterocycles. The summed E-state index contributed by atoms with van der Waals surface area (Å²) in [5.74, 6) is 0.633. The molecule has 2 aliphatic rings. The summed E-state index contributed by atoms with van der Waals surface area (Å²) < 4.78 is 5.37. The summed E-state index contributed by atoms with van der Waals surface area (Å²) in [5, 5.41) is 0. The average molecular weight is 352 g/mol. The summed E-state index contributed by atoms with van der Waals surface area (Å²) in [6.45, 7) is 4.60. The van der Waals surface area contributed by atoms with Gasteiger partial charge in [-0.1, -0.05) is 43.2 Å². The van der Waals surface area contributed by atoms with Gasteiger partial charge >= 0.3 is 5.97 Å². The molecule has 4 atom stereocenters. The van der Waals surface area contributed by atoms with E-state index in [1.165, 1.54) is 37.6 Å². The molecule has 1 aliphatic carbocycles. The zero-order chi connectivity index (χ0) is 17.5. The molecular weight excluding hydrogens is 322 g/mol. The molecule has 1 aromatic carbocycles. The Morgan fingerprint density at radius 1 is 1.25 bits per heavy atom. The maximum atomic E-state index is 12.5. The number of benzene rings is 1. The van der Waals surface area contributed by atoms with Gasteiger partial charge in [0, 0.05) is 18.5 Å². The van der Waals surface area contributed by atoms with Crippen molar-refractivity contribution >= 4 is 17.6 Å². The molecule has 1 aromatic rings. The van der Waals surface area contributed by atoms with Crippen molar-refractivity contribution < 1.29 is 9.53 Å². The molecule has 0 unspecified atom stereocenters. The van der Waals surface area contributed by atoms with Gasteiger partial charge in [0.1, 0.15) is 6.04 Å². The number of alkyl halides is 1. The maximum absolute atomic E-state index is 12.5. The van der Waals surface area contributed by atoms with Crippen LogP contribution in [0.3, 0.4) is 0 Å². The van der Waals surface area contributed by atoms with Crippen molar-refractivity contribution in [2.75, 3.05) is 13.0 Å². The predicted octanol–water partition coefficient (Wildman–Crippen LogP) is 4.80. The number of hydrogen-bond acceptors (Lipinski definition) is 3. The average Bonchev–Trinajstić information content (AvgIpc) is 3.03. The number of hydrogen-bond donors (Lipinski definition) is 0. The Balaban J connectivity index is 0.00000100. The third kappa shape index (κ3) is 4.12. The summed E-state index contributed by atoms with van der Waals surface area (Å²) in [6.07, 6.45) is 7.52. The molecule has 0 bridgehead atoms. The predicted molar refractivity (Wildman–Crippen MR) is 99.3 cm³/mol. The van der Waals surface area contributed by atoms with Crippen LogP contribution in [-0.4, -0.2) is 35.9 Å². The molecule has 2 fully saturated rings. The first-order valence-electron chi connectivity index (χ1n) is 9.09. The Kier molecular flexibility index (Phi) is 7.57. The van der Waals surface area contributed by atoms with Gasteiger partial charge in [0.15, 0.2) is 0 Å². The second-order valence-electron chi connectivity index (χ2n) is 6.65. The fourth-order valence-corrected chi connectivity index (χ4v) is 4.41. The van der Waals surface area contributed by atoms with E-state index in [-0.39, 0.29) is 18.1 Å². The van der Waals surface area contributed by atoms with Crippen LogP contribution in [0.2, 0.25) is 0 Å². The van der Waals surface area contributed by atoms with Crippen LogP contribution in [0.5, 0.6) is 0 Å². The molecule has 4 heteroatoms. The minimum atomic E-state index is -0.0664. The lowest BCUT2D eigenvalue weighted by Crippen LogP contribution is -2.44. The van der Waals surface area contributed by atoms with E-state index in [0.29, 0.717) is 18.6 Å². The Hall–Kier alpha value is -1.06. The first-order chi connectivity index (χ1) is 11.7. The lowest BCUT2D eigenvalue weighted by Gasteiger charge is -2.37. The van der Waals surface area contributed by atoms with Crippen LogP contribution in [0.1, 0.15) is 57.6 Å². The fourth-order valence-electron chi connectivity index (χ4n) is 4.41. The minimum Gasteiger partial charge on any atom is -0.465 e. The Bertz CT molecular complexity index is 508. The molecule has 1 saturated carbocycles. The second-order valence-corrected chi connectivity index (χ2v) is 6.65. The first-order valence-corrected chi connectivity index (χ1v) is 9.84. The zero-order valence-electron chi connectivity index (χ0n) is 15.1. The molecule has 24 heavy (non-hydrogen) atoms. The molecule has 1 saturated heterocycles. The van der Waals surface area contributed by atoms with Gasteiger partial charge in [0.25, 0.3) is 0 Å². The number of halogens is 1. The van der Waals surface area contributed by atoms with Crippen LogP contribution < -0.4 is 0 Å². The van der Waals surface area contributed by atoms with E-state index in [2.05, 4.69) is 47.7 Å². The maximum Gasteiger partial charge on any atom is 0.323 e. The number of rotatable bonds is 4. The van der Waals surface area contributed by atoms with Crippen LogP contribution >= 0.6 is 11.6 Å². The normalized spacial score (nSPS) is 27.6. The minimum absolute atomic E-state index is 0.0281. The van der Waals surface area contributed by atoms with Crippen molar-refractivity contribution in [3.63, 3.8) is 0 Å². The van der Waals surface area contributed by atoms with E-state index in [9.17, 15) is 4.79 Å². The number of carbonyl (C=O) groups is 1. The standard InChI is InChI=1S/C19H27NO2.CH3Cl/c1-3-22-19(21)18-13-16-11-7-8-12-17(16)20(18)14(2)15-9-5-4-6-10-15;1-2/h4-6,9-10,14,16-18H,3,7-8,11-13H2,1-2H3;1H3/t14-,16+,17-,18-;/m0./s1. The molecule has 134 valence electrons. The van der Waals surface area contributed by atoms with Crippen molar-refractivity contribution in [2.45, 2.75) is 64.1 Å². The van der Waals surface area contributed by atoms with E-state index >= 15 is 0 Å². The molecule has 3 nitrogen and oxygen atoms in total. The monoisotopic (exact) mass is 351 g/mol. The number of fused-ring (bicyclic) bond motifs is 1. The summed E-state index contributed by atoms with van der Waals surface area (Å²) >= 11 is 4.64. The highest BCUT2D eigenvalue weighted by molar-refractivity contribution is 6.15. The van der Waals surface area contributed by atoms with E-state index in [4.69, 9.17) is 4.74 Å². The number of carbonyl (C=O) groups excluding carboxylic acids is 1. The van der Waals surface area contributed by atoms with E-state index < -0.39 is 0 Å². The van der Waals surface area contributed by atoms with E-state index in [1.807, 2.05) is 13.0 Å². The molecule has 0 amide bonds. The molecule has 0 spiro atoms. The lowest BCUT2D eigenvalue weighted by atomic mass is 9.84. The van der Waals surface area contributed by atoms with E-state index in [0.717, 1.165) is 6.42 Å². The van der Waals surface area contributed by atoms with Gasteiger partial charge in [0.2, 0.25) is 0 Å². The van der Waals surface area contributed by atoms with Crippen LogP contribution in [0, 0.1) is 5.92 Å². The van der Waals surface area contributed by atoms with Crippen LogP contribution in [0.25, 0.3) is 0 Å². The van der Waals surface area contributed by atoms with Gasteiger partial charge in [-0.05, 0) is 44.6 Å². The Labute approximate surface area is 151 Å². The topological polar surface area (TPSA) is 29.5 Å². The van der Waals surface area contributed by atoms with Crippen LogP contribution in [-0.2, 0) is 9.53 Å². The molecule has 0 N–H and O–H groups in total. The van der Waals surface area contributed by atoms with E-state index in [1.54, 1.807) is 0 Å². The highest BCUT2D eigenvalue weighted by Gasteiger charge is 2.47. The van der Waals surface area contributed by atoms with Crippen LogP contribution in [0.15, 0.2) is 30.3 Å². The Morgan fingerprint density at radius 2 is 1.92 bits per heavy atom. The van der Waals surface area contributed by atoms with Gasteiger partial charge in [0.05, 0.1) is 6.61 Å². The number of esters is 1. The van der Waals surface area contributed by atoms with Crippen molar-refractivity contribution in [1.82, 2.24) is 4.90 Å². The smallest absolute Gasteiger partial charge is 0.323 e. The molecule has 1 aliphatic heterocycles. The van der Waals surface area contributed by atoms with Gasteiger partial charge in [-0.2, -0.15) is 0 Å². The van der Waals surface area contributed by atoms with Crippen molar-refractivity contribution in [3.05, 3.63) is 35.9 Å². The Morgan fingerprint density at radius 3 is 2.58 bits per heavy atom. The molecule has 3 rings (SSSR count). The van der Waals surface area contributed by atoms with Crippen LogP contribution in [0.4, 0.5) is 0 Å². The third-order valence-electron chi connectivity index (χ3n) is 5.43. The van der Waals surface area contributed by atoms with Gasteiger partial charge in [-0.3, -0.25) is 9.69 Å². The molecule has 0 aromatic heterocycles. The second kappa shape index (κ2) is 9.43.